The second-order valence-corrected chi connectivity index (χ2v) is 9.61. The third-order valence-electron chi connectivity index (χ3n) is 6.51. The van der Waals surface area contributed by atoms with Gasteiger partial charge in [-0.2, -0.15) is 0 Å². The van der Waals surface area contributed by atoms with Gasteiger partial charge in [0.05, 0.1) is 6.61 Å². The second kappa shape index (κ2) is 22.2. The fourth-order valence-electron chi connectivity index (χ4n) is 4.35. The zero-order chi connectivity index (χ0) is 22.2. The van der Waals surface area contributed by atoms with Crippen molar-refractivity contribution >= 4 is 0 Å². The first-order chi connectivity index (χ1) is 15.4. The molecule has 1 aromatic carbocycles. The van der Waals surface area contributed by atoms with Gasteiger partial charge in [-0.3, -0.25) is 0 Å². The number of benzene rings is 1. The van der Waals surface area contributed by atoms with Gasteiger partial charge < -0.3 is 4.74 Å². The molecular weight excluding hydrogens is 376 g/mol. The molecular formula is C30H54O. The molecule has 0 amide bonds. The molecule has 0 bridgehead atoms. The molecule has 0 saturated carbocycles. The number of unbranched alkanes of at least 4 members (excludes halogenated alkanes) is 18. The first-order valence-corrected chi connectivity index (χ1v) is 14.1. The van der Waals surface area contributed by atoms with Crippen LogP contribution in [0, 0.1) is 0 Å². The van der Waals surface area contributed by atoms with Gasteiger partial charge >= 0.3 is 0 Å². The smallest absolute Gasteiger partial charge is 0.119 e. The Labute approximate surface area is 195 Å². The summed E-state index contributed by atoms with van der Waals surface area (Å²) in [7, 11) is 0. The van der Waals surface area contributed by atoms with Gasteiger partial charge in [-0.05, 0) is 37.0 Å². The molecule has 1 heteroatoms. The topological polar surface area (TPSA) is 9.23 Å². The summed E-state index contributed by atoms with van der Waals surface area (Å²) >= 11 is 0. The van der Waals surface area contributed by atoms with E-state index in [-0.39, 0.29) is 0 Å². The summed E-state index contributed by atoms with van der Waals surface area (Å²) in [4.78, 5) is 0. The van der Waals surface area contributed by atoms with E-state index in [4.69, 9.17) is 4.74 Å². The molecule has 0 aliphatic carbocycles. The van der Waals surface area contributed by atoms with E-state index in [9.17, 15) is 0 Å². The largest absolute Gasteiger partial charge is 0.494 e. The van der Waals surface area contributed by atoms with Crippen molar-refractivity contribution in [3.05, 3.63) is 29.8 Å². The molecule has 0 fully saturated rings. The molecule has 180 valence electrons. The maximum absolute atomic E-state index is 5.94. The Morgan fingerprint density at radius 1 is 0.452 bits per heavy atom. The van der Waals surface area contributed by atoms with E-state index < -0.39 is 0 Å². The summed E-state index contributed by atoms with van der Waals surface area (Å²) in [6.45, 7) is 5.45. The minimum atomic E-state index is 0.869. The quantitative estimate of drug-likeness (QED) is 0.157. The molecule has 0 spiro atoms. The SMILES string of the molecule is CCCCCCCCCCCCOc1ccc(CCCCCCCCCCCC)cc1. The number of aryl methyl sites for hydroxylation is 1. The van der Waals surface area contributed by atoms with E-state index in [2.05, 4.69) is 38.1 Å². The molecule has 1 nitrogen and oxygen atoms in total. The first kappa shape index (κ1) is 28.1. The molecule has 0 radical (unpaired) electrons. The summed E-state index contributed by atoms with van der Waals surface area (Å²) in [6, 6.07) is 8.87. The van der Waals surface area contributed by atoms with Gasteiger partial charge in [0.25, 0.3) is 0 Å². The summed E-state index contributed by atoms with van der Waals surface area (Å²) in [5, 5.41) is 0. The zero-order valence-corrected chi connectivity index (χ0v) is 21.3. The predicted molar refractivity (Wildman–Crippen MR) is 139 cm³/mol. The Hall–Kier alpha value is -0.980. The van der Waals surface area contributed by atoms with Gasteiger partial charge in [0.2, 0.25) is 0 Å². The molecule has 31 heavy (non-hydrogen) atoms. The number of rotatable bonds is 23. The molecule has 0 unspecified atom stereocenters. The van der Waals surface area contributed by atoms with E-state index in [0.717, 1.165) is 12.4 Å². The first-order valence-electron chi connectivity index (χ1n) is 14.1. The minimum absolute atomic E-state index is 0.869. The van der Waals surface area contributed by atoms with E-state index in [1.54, 1.807) is 0 Å². The molecule has 0 heterocycles. The lowest BCUT2D eigenvalue weighted by atomic mass is 10.0. The summed E-state index contributed by atoms with van der Waals surface area (Å²) in [6.07, 6.45) is 29.1. The van der Waals surface area contributed by atoms with Crippen LogP contribution in [0.4, 0.5) is 0 Å². The van der Waals surface area contributed by atoms with Crippen molar-refractivity contribution in [3.63, 3.8) is 0 Å². The van der Waals surface area contributed by atoms with E-state index in [1.165, 1.54) is 140 Å². The van der Waals surface area contributed by atoms with Crippen LogP contribution in [-0.2, 0) is 6.42 Å². The van der Waals surface area contributed by atoms with Crippen LogP contribution >= 0.6 is 0 Å². The molecule has 0 N–H and O–H groups in total. The fourth-order valence-corrected chi connectivity index (χ4v) is 4.35. The zero-order valence-electron chi connectivity index (χ0n) is 21.3. The van der Waals surface area contributed by atoms with Crippen molar-refractivity contribution in [2.75, 3.05) is 6.61 Å². The van der Waals surface area contributed by atoms with Crippen LogP contribution in [0.2, 0.25) is 0 Å². The Morgan fingerprint density at radius 3 is 1.29 bits per heavy atom. The van der Waals surface area contributed by atoms with Crippen LogP contribution in [0.25, 0.3) is 0 Å². The minimum Gasteiger partial charge on any atom is -0.494 e. The number of ether oxygens (including phenoxy) is 1. The Kier molecular flexibility index (Phi) is 20.1. The van der Waals surface area contributed by atoms with Crippen molar-refractivity contribution < 1.29 is 4.74 Å². The molecule has 1 aromatic rings. The molecule has 0 aliphatic heterocycles. The van der Waals surface area contributed by atoms with Crippen molar-refractivity contribution in [2.45, 2.75) is 149 Å². The van der Waals surface area contributed by atoms with Gasteiger partial charge in [-0.1, -0.05) is 142 Å². The normalized spacial score (nSPS) is 11.2. The molecule has 0 atom stereocenters. The van der Waals surface area contributed by atoms with Gasteiger partial charge in [-0.15, -0.1) is 0 Å². The maximum Gasteiger partial charge on any atom is 0.119 e. The van der Waals surface area contributed by atoms with Gasteiger partial charge in [0.1, 0.15) is 5.75 Å². The maximum atomic E-state index is 5.94. The van der Waals surface area contributed by atoms with Crippen LogP contribution in [0.1, 0.15) is 148 Å². The van der Waals surface area contributed by atoms with E-state index >= 15 is 0 Å². The lowest BCUT2D eigenvalue weighted by Gasteiger charge is -2.08. The fraction of sp³-hybridized carbons (Fsp3) is 0.800. The van der Waals surface area contributed by atoms with Crippen LogP contribution in [0.15, 0.2) is 24.3 Å². The average Bonchev–Trinajstić information content (AvgIpc) is 2.79. The Bertz CT molecular complexity index is 464. The highest BCUT2D eigenvalue weighted by molar-refractivity contribution is 5.27. The molecule has 0 saturated heterocycles. The standard InChI is InChI=1S/C30H54O/c1-3-5-7-9-11-13-15-17-19-21-23-29-24-26-30(27-25-29)31-28-22-20-18-16-14-12-10-8-6-4-2/h24-27H,3-23,28H2,1-2H3. The van der Waals surface area contributed by atoms with Crippen LogP contribution in [-0.4, -0.2) is 6.61 Å². The monoisotopic (exact) mass is 430 g/mol. The van der Waals surface area contributed by atoms with Crippen LogP contribution in [0.3, 0.4) is 0 Å². The highest BCUT2D eigenvalue weighted by Gasteiger charge is 1.98. The van der Waals surface area contributed by atoms with Crippen molar-refractivity contribution in [3.8, 4) is 5.75 Å². The highest BCUT2D eigenvalue weighted by atomic mass is 16.5. The van der Waals surface area contributed by atoms with Crippen LogP contribution < -0.4 is 4.74 Å². The third kappa shape index (κ3) is 18.3. The van der Waals surface area contributed by atoms with Crippen molar-refractivity contribution in [1.29, 1.82) is 0 Å². The number of hydrogen-bond donors (Lipinski definition) is 0. The highest BCUT2D eigenvalue weighted by Crippen LogP contribution is 2.17. The Balaban J connectivity index is 1.90. The van der Waals surface area contributed by atoms with E-state index in [1.807, 2.05) is 0 Å². The van der Waals surface area contributed by atoms with Gasteiger partial charge in [-0.25, -0.2) is 0 Å². The summed E-state index contributed by atoms with van der Waals surface area (Å²) < 4.78 is 5.94. The molecule has 1 rings (SSSR count). The van der Waals surface area contributed by atoms with E-state index in [0.29, 0.717) is 0 Å². The second-order valence-electron chi connectivity index (χ2n) is 9.61. The Morgan fingerprint density at radius 2 is 0.839 bits per heavy atom. The third-order valence-corrected chi connectivity index (χ3v) is 6.51. The van der Waals surface area contributed by atoms with Crippen molar-refractivity contribution in [1.82, 2.24) is 0 Å². The predicted octanol–water partition coefficient (Wildman–Crippen LogP) is 10.4. The van der Waals surface area contributed by atoms with Gasteiger partial charge in [0, 0.05) is 0 Å². The average molecular weight is 431 g/mol. The van der Waals surface area contributed by atoms with Crippen molar-refractivity contribution in [2.24, 2.45) is 0 Å². The molecule has 0 aliphatic rings. The van der Waals surface area contributed by atoms with Crippen LogP contribution in [0.5, 0.6) is 5.75 Å². The van der Waals surface area contributed by atoms with Gasteiger partial charge in [0.15, 0.2) is 0 Å². The number of hydrogen-bond acceptors (Lipinski definition) is 1. The molecule has 0 aromatic heterocycles. The lowest BCUT2D eigenvalue weighted by molar-refractivity contribution is 0.304. The lowest BCUT2D eigenvalue weighted by Crippen LogP contribution is -1.97. The summed E-state index contributed by atoms with van der Waals surface area (Å²) in [5.41, 5.74) is 1.46. The summed E-state index contributed by atoms with van der Waals surface area (Å²) in [5.74, 6) is 1.04.